The third-order valence-corrected chi connectivity index (χ3v) is 3.35. The van der Waals surface area contributed by atoms with Crippen molar-refractivity contribution in [2.24, 2.45) is 5.41 Å². The summed E-state index contributed by atoms with van der Waals surface area (Å²) in [6.07, 6.45) is 1.15. The third kappa shape index (κ3) is 8.03. The minimum atomic E-state index is 0.295. The zero-order valence-corrected chi connectivity index (χ0v) is 13.1. The molecular weight excluding hydrogens is 228 g/mol. The van der Waals surface area contributed by atoms with E-state index in [0.717, 1.165) is 39.3 Å². The third-order valence-electron chi connectivity index (χ3n) is 3.35. The van der Waals surface area contributed by atoms with Gasteiger partial charge in [0.1, 0.15) is 0 Å². The summed E-state index contributed by atoms with van der Waals surface area (Å²) < 4.78 is 10.3. The number of hydrogen-bond acceptors (Lipinski definition) is 4. The molecule has 4 nitrogen and oxygen atoms in total. The first-order chi connectivity index (χ1) is 8.45. The zero-order valence-electron chi connectivity index (χ0n) is 13.1. The first kappa shape index (κ1) is 17.8. The molecule has 0 radical (unpaired) electrons. The summed E-state index contributed by atoms with van der Waals surface area (Å²) in [7, 11) is 5.55. The topological polar surface area (TPSA) is 33.7 Å². The lowest BCUT2D eigenvalue weighted by Crippen LogP contribution is -2.42. The maximum Gasteiger partial charge on any atom is 0.0589 e. The Morgan fingerprint density at radius 1 is 1.00 bits per heavy atom. The van der Waals surface area contributed by atoms with Gasteiger partial charge in [0, 0.05) is 33.4 Å². The second kappa shape index (κ2) is 9.73. The molecule has 1 unspecified atom stereocenters. The van der Waals surface area contributed by atoms with Crippen molar-refractivity contribution in [1.29, 1.82) is 0 Å². The second-order valence-electron chi connectivity index (χ2n) is 5.82. The molecule has 18 heavy (non-hydrogen) atoms. The van der Waals surface area contributed by atoms with Gasteiger partial charge in [-0.25, -0.2) is 0 Å². The van der Waals surface area contributed by atoms with Gasteiger partial charge in [-0.3, -0.25) is 4.90 Å². The molecule has 0 aromatic carbocycles. The monoisotopic (exact) mass is 260 g/mol. The van der Waals surface area contributed by atoms with E-state index in [-0.39, 0.29) is 0 Å². The van der Waals surface area contributed by atoms with Gasteiger partial charge in [-0.05, 0) is 25.4 Å². The van der Waals surface area contributed by atoms with E-state index in [1.807, 2.05) is 7.05 Å². The molecule has 0 aromatic rings. The number of ether oxygens (including phenoxy) is 2. The number of hydrogen-bond donors (Lipinski definition) is 1. The molecule has 0 aliphatic rings. The van der Waals surface area contributed by atoms with Crippen LogP contribution in [0.25, 0.3) is 0 Å². The molecule has 110 valence electrons. The molecule has 0 amide bonds. The fourth-order valence-corrected chi connectivity index (χ4v) is 2.10. The molecule has 0 heterocycles. The van der Waals surface area contributed by atoms with Crippen molar-refractivity contribution in [3.8, 4) is 0 Å². The minimum absolute atomic E-state index is 0.295. The predicted octanol–water partition coefficient (Wildman–Crippen LogP) is 1.61. The van der Waals surface area contributed by atoms with E-state index < -0.39 is 0 Å². The molecule has 0 aromatic heterocycles. The highest BCUT2D eigenvalue weighted by atomic mass is 16.5. The highest BCUT2D eigenvalue weighted by molar-refractivity contribution is 4.80. The Morgan fingerprint density at radius 3 is 1.83 bits per heavy atom. The van der Waals surface area contributed by atoms with Gasteiger partial charge in [-0.15, -0.1) is 0 Å². The van der Waals surface area contributed by atoms with E-state index in [1.54, 1.807) is 14.2 Å². The summed E-state index contributed by atoms with van der Waals surface area (Å²) in [6.45, 7) is 11.4. The van der Waals surface area contributed by atoms with Gasteiger partial charge in [0.15, 0.2) is 0 Å². The van der Waals surface area contributed by atoms with Crippen LogP contribution >= 0.6 is 0 Å². The summed E-state index contributed by atoms with van der Waals surface area (Å²) in [4.78, 5) is 2.41. The van der Waals surface area contributed by atoms with Crippen LogP contribution in [0.2, 0.25) is 0 Å². The largest absolute Gasteiger partial charge is 0.383 e. The fraction of sp³-hybridized carbons (Fsp3) is 1.00. The van der Waals surface area contributed by atoms with Crippen molar-refractivity contribution in [3.63, 3.8) is 0 Å². The van der Waals surface area contributed by atoms with Gasteiger partial charge in [-0.1, -0.05) is 20.8 Å². The molecule has 0 rings (SSSR count). The zero-order chi connectivity index (χ0) is 14.0. The van der Waals surface area contributed by atoms with Crippen LogP contribution in [0, 0.1) is 5.41 Å². The van der Waals surface area contributed by atoms with Crippen molar-refractivity contribution in [2.75, 3.05) is 54.1 Å². The molecule has 1 atom stereocenters. The van der Waals surface area contributed by atoms with Gasteiger partial charge in [-0.2, -0.15) is 0 Å². The van der Waals surface area contributed by atoms with Gasteiger partial charge < -0.3 is 14.8 Å². The van der Waals surface area contributed by atoms with E-state index in [9.17, 15) is 0 Å². The average Bonchev–Trinajstić information content (AvgIpc) is 2.30. The van der Waals surface area contributed by atoms with E-state index >= 15 is 0 Å². The Balaban J connectivity index is 4.13. The molecule has 0 fully saturated rings. The number of nitrogens with zero attached hydrogens (tertiary/aromatic N) is 1. The van der Waals surface area contributed by atoms with Crippen LogP contribution in [0.1, 0.15) is 27.2 Å². The SMILES string of the molecule is CNC(CCN(CCOC)CCOC)C(C)(C)C. The first-order valence-corrected chi connectivity index (χ1v) is 6.83. The smallest absolute Gasteiger partial charge is 0.0589 e. The fourth-order valence-electron chi connectivity index (χ4n) is 2.10. The lowest BCUT2D eigenvalue weighted by Gasteiger charge is -2.32. The number of nitrogens with one attached hydrogen (secondary N) is 1. The Morgan fingerprint density at radius 2 is 1.50 bits per heavy atom. The van der Waals surface area contributed by atoms with Crippen molar-refractivity contribution in [2.45, 2.75) is 33.2 Å². The summed E-state index contributed by atoms with van der Waals surface area (Å²) in [5.74, 6) is 0. The van der Waals surface area contributed by atoms with Crippen molar-refractivity contribution >= 4 is 0 Å². The van der Waals surface area contributed by atoms with Crippen LogP contribution in [-0.4, -0.2) is 65.1 Å². The summed E-state index contributed by atoms with van der Waals surface area (Å²) >= 11 is 0. The van der Waals surface area contributed by atoms with Gasteiger partial charge in [0.25, 0.3) is 0 Å². The van der Waals surface area contributed by atoms with Crippen molar-refractivity contribution in [3.05, 3.63) is 0 Å². The molecule has 0 bridgehead atoms. The lowest BCUT2D eigenvalue weighted by molar-refractivity contribution is 0.107. The van der Waals surface area contributed by atoms with Gasteiger partial charge in [0.05, 0.1) is 13.2 Å². The van der Waals surface area contributed by atoms with E-state index in [0.29, 0.717) is 11.5 Å². The highest BCUT2D eigenvalue weighted by Gasteiger charge is 2.23. The average molecular weight is 260 g/mol. The molecule has 0 saturated carbocycles. The normalized spacial score (nSPS) is 14.2. The minimum Gasteiger partial charge on any atom is -0.383 e. The Labute approximate surface area is 113 Å². The predicted molar refractivity (Wildman–Crippen MR) is 77.1 cm³/mol. The van der Waals surface area contributed by atoms with Crippen LogP contribution in [0.3, 0.4) is 0 Å². The molecule has 0 spiro atoms. The highest BCUT2D eigenvalue weighted by Crippen LogP contribution is 2.21. The Hall–Kier alpha value is -0.160. The molecule has 1 N–H and O–H groups in total. The summed E-state index contributed by atoms with van der Waals surface area (Å²) in [5.41, 5.74) is 0.295. The van der Waals surface area contributed by atoms with Gasteiger partial charge >= 0.3 is 0 Å². The van der Waals surface area contributed by atoms with Crippen LogP contribution in [-0.2, 0) is 9.47 Å². The van der Waals surface area contributed by atoms with Crippen molar-refractivity contribution < 1.29 is 9.47 Å². The molecule has 0 aliphatic carbocycles. The first-order valence-electron chi connectivity index (χ1n) is 6.83. The van der Waals surface area contributed by atoms with Crippen LogP contribution in [0.4, 0.5) is 0 Å². The molecule has 0 saturated heterocycles. The quantitative estimate of drug-likeness (QED) is 0.647. The maximum absolute atomic E-state index is 5.15. The molecular formula is C14H32N2O2. The molecule has 4 heteroatoms. The second-order valence-corrected chi connectivity index (χ2v) is 5.82. The van der Waals surface area contributed by atoms with E-state index in [1.165, 1.54) is 0 Å². The number of methoxy groups -OCH3 is 2. The van der Waals surface area contributed by atoms with Crippen LogP contribution in [0.5, 0.6) is 0 Å². The summed E-state index contributed by atoms with van der Waals surface area (Å²) in [5, 5.41) is 3.42. The van der Waals surface area contributed by atoms with Crippen molar-refractivity contribution in [1.82, 2.24) is 10.2 Å². The number of rotatable bonds is 10. The maximum atomic E-state index is 5.15. The van der Waals surface area contributed by atoms with Crippen LogP contribution < -0.4 is 5.32 Å². The standard InChI is InChI=1S/C14H32N2O2/c1-14(2,3)13(15-4)7-8-16(9-11-17-5)10-12-18-6/h13,15H,7-12H2,1-6H3. The van der Waals surface area contributed by atoms with Gasteiger partial charge in [0.2, 0.25) is 0 Å². The lowest BCUT2D eigenvalue weighted by atomic mass is 9.85. The Kier molecular flexibility index (Phi) is 9.64. The summed E-state index contributed by atoms with van der Waals surface area (Å²) in [6, 6.07) is 0.532. The van der Waals surface area contributed by atoms with E-state index in [4.69, 9.17) is 9.47 Å². The Bertz CT molecular complexity index is 185. The van der Waals surface area contributed by atoms with Crippen LogP contribution in [0.15, 0.2) is 0 Å². The van der Waals surface area contributed by atoms with E-state index in [2.05, 4.69) is 31.0 Å². The molecule has 0 aliphatic heterocycles.